The number of piperazine rings is 1. The van der Waals surface area contributed by atoms with E-state index in [-0.39, 0.29) is 5.82 Å². The largest absolute Gasteiger partial charge is 0.368 e. The Morgan fingerprint density at radius 1 is 0.893 bits per heavy atom. The molecule has 1 aliphatic rings. The molecule has 1 aliphatic heterocycles. The van der Waals surface area contributed by atoms with Crippen molar-refractivity contribution in [3.63, 3.8) is 0 Å². The number of nitrogens with zero attached hydrogens (tertiary/aromatic N) is 4. The SMILES string of the molecule is CCc1ccc(Nc2ccnc(N3CCN(c4ccc(F)cc4)CC3)n2)cc1. The minimum Gasteiger partial charge on any atom is -0.368 e. The molecular weight excluding hydrogens is 353 g/mol. The van der Waals surface area contributed by atoms with Crippen molar-refractivity contribution in [2.45, 2.75) is 13.3 Å². The first kappa shape index (κ1) is 18.2. The van der Waals surface area contributed by atoms with Gasteiger partial charge in [-0.3, -0.25) is 0 Å². The van der Waals surface area contributed by atoms with Crippen LogP contribution in [0.15, 0.2) is 60.8 Å². The highest BCUT2D eigenvalue weighted by Crippen LogP contribution is 2.21. The van der Waals surface area contributed by atoms with Gasteiger partial charge in [-0.2, -0.15) is 4.98 Å². The third-order valence-corrected chi connectivity index (χ3v) is 5.03. The first-order valence-electron chi connectivity index (χ1n) is 9.66. The van der Waals surface area contributed by atoms with Crippen molar-refractivity contribution in [3.05, 3.63) is 72.2 Å². The van der Waals surface area contributed by atoms with Crippen LogP contribution in [0.3, 0.4) is 0 Å². The van der Waals surface area contributed by atoms with E-state index in [1.807, 2.05) is 18.2 Å². The van der Waals surface area contributed by atoms with E-state index in [0.717, 1.165) is 55.7 Å². The van der Waals surface area contributed by atoms with E-state index in [1.165, 1.54) is 17.7 Å². The molecule has 0 amide bonds. The van der Waals surface area contributed by atoms with E-state index in [1.54, 1.807) is 6.20 Å². The molecule has 5 nitrogen and oxygen atoms in total. The van der Waals surface area contributed by atoms with Crippen LogP contribution in [0.25, 0.3) is 0 Å². The Balaban J connectivity index is 1.40. The lowest BCUT2D eigenvalue weighted by Crippen LogP contribution is -2.47. The fourth-order valence-electron chi connectivity index (χ4n) is 3.36. The number of anilines is 4. The van der Waals surface area contributed by atoms with Crippen molar-refractivity contribution in [3.8, 4) is 0 Å². The maximum absolute atomic E-state index is 13.1. The van der Waals surface area contributed by atoms with Gasteiger partial charge in [-0.1, -0.05) is 19.1 Å². The molecule has 0 bridgehead atoms. The zero-order chi connectivity index (χ0) is 19.3. The van der Waals surface area contributed by atoms with Crippen LogP contribution in [0.4, 0.5) is 27.5 Å². The Morgan fingerprint density at radius 3 is 2.25 bits per heavy atom. The lowest BCUT2D eigenvalue weighted by Gasteiger charge is -2.36. The summed E-state index contributed by atoms with van der Waals surface area (Å²) in [5.41, 5.74) is 3.38. The molecule has 28 heavy (non-hydrogen) atoms. The highest BCUT2D eigenvalue weighted by Gasteiger charge is 2.19. The van der Waals surface area contributed by atoms with Crippen molar-refractivity contribution >= 4 is 23.1 Å². The van der Waals surface area contributed by atoms with Crippen molar-refractivity contribution in [2.75, 3.05) is 41.3 Å². The van der Waals surface area contributed by atoms with Crippen LogP contribution < -0.4 is 15.1 Å². The molecule has 0 spiro atoms. The van der Waals surface area contributed by atoms with Gasteiger partial charge >= 0.3 is 0 Å². The summed E-state index contributed by atoms with van der Waals surface area (Å²) in [5, 5.41) is 3.35. The second-order valence-electron chi connectivity index (χ2n) is 6.87. The van der Waals surface area contributed by atoms with E-state index in [2.05, 4.69) is 56.3 Å². The fraction of sp³-hybridized carbons (Fsp3) is 0.273. The van der Waals surface area contributed by atoms with Crippen LogP contribution in [-0.2, 0) is 6.42 Å². The average molecular weight is 377 g/mol. The number of benzene rings is 2. The second kappa shape index (κ2) is 8.25. The van der Waals surface area contributed by atoms with Crippen LogP contribution in [-0.4, -0.2) is 36.1 Å². The zero-order valence-electron chi connectivity index (χ0n) is 16.0. The van der Waals surface area contributed by atoms with E-state index in [4.69, 9.17) is 0 Å². The molecule has 0 saturated carbocycles. The lowest BCUT2D eigenvalue weighted by atomic mass is 10.1. The van der Waals surface area contributed by atoms with E-state index < -0.39 is 0 Å². The summed E-state index contributed by atoms with van der Waals surface area (Å²) in [4.78, 5) is 13.6. The Kier molecular flexibility index (Phi) is 5.37. The number of halogens is 1. The van der Waals surface area contributed by atoms with Crippen molar-refractivity contribution < 1.29 is 4.39 Å². The van der Waals surface area contributed by atoms with Gasteiger partial charge in [0.25, 0.3) is 0 Å². The van der Waals surface area contributed by atoms with Crippen LogP contribution in [0, 0.1) is 5.82 Å². The zero-order valence-corrected chi connectivity index (χ0v) is 16.0. The molecule has 0 aliphatic carbocycles. The summed E-state index contributed by atoms with van der Waals surface area (Å²) in [6.45, 7) is 5.50. The molecule has 1 fully saturated rings. The van der Waals surface area contributed by atoms with Gasteiger partial charge in [0.15, 0.2) is 0 Å². The van der Waals surface area contributed by atoms with Crippen molar-refractivity contribution in [1.82, 2.24) is 9.97 Å². The summed E-state index contributed by atoms with van der Waals surface area (Å²) >= 11 is 0. The smallest absolute Gasteiger partial charge is 0.227 e. The normalized spacial score (nSPS) is 14.2. The molecule has 2 heterocycles. The molecule has 1 aromatic heterocycles. The minimum absolute atomic E-state index is 0.204. The Labute approximate surface area is 164 Å². The summed E-state index contributed by atoms with van der Waals surface area (Å²) in [7, 11) is 0. The number of aryl methyl sites for hydroxylation is 1. The fourth-order valence-corrected chi connectivity index (χ4v) is 3.36. The average Bonchev–Trinajstić information content (AvgIpc) is 2.75. The van der Waals surface area contributed by atoms with Crippen molar-refractivity contribution in [1.29, 1.82) is 0 Å². The Bertz CT molecular complexity index is 903. The van der Waals surface area contributed by atoms with Crippen LogP contribution >= 0.6 is 0 Å². The summed E-state index contributed by atoms with van der Waals surface area (Å²) < 4.78 is 13.1. The number of hydrogen-bond acceptors (Lipinski definition) is 5. The molecule has 3 aromatic rings. The molecular formula is C22H24FN5. The summed E-state index contributed by atoms with van der Waals surface area (Å²) in [6, 6.07) is 16.9. The number of aromatic nitrogens is 2. The lowest BCUT2D eigenvalue weighted by molar-refractivity contribution is 0.623. The topological polar surface area (TPSA) is 44.3 Å². The molecule has 0 unspecified atom stereocenters. The molecule has 1 saturated heterocycles. The third-order valence-electron chi connectivity index (χ3n) is 5.03. The van der Waals surface area contributed by atoms with E-state index in [9.17, 15) is 4.39 Å². The second-order valence-corrected chi connectivity index (χ2v) is 6.87. The summed E-state index contributed by atoms with van der Waals surface area (Å²) in [6.07, 6.45) is 2.82. The van der Waals surface area contributed by atoms with Gasteiger partial charge in [-0.25, -0.2) is 9.37 Å². The quantitative estimate of drug-likeness (QED) is 0.720. The molecule has 0 atom stereocenters. The van der Waals surface area contributed by atoms with Gasteiger partial charge in [-0.15, -0.1) is 0 Å². The Hall–Kier alpha value is -3.15. The highest BCUT2D eigenvalue weighted by molar-refractivity contribution is 5.57. The molecule has 6 heteroatoms. The van der Waals surface area contributed by atoms with Crippen LogP contribution in [0.5, 0.6) is 0 Å². The first-order valence-corrected chi connectivity index (χ1v) is 9.66. The van der Waals surface area contributed by atoms with E-state index >= 15 is 0 Å². The molecule has 144 valence electrons. The predicted octanol–water partition coefficient (Wildman–Crippen LogP) is 4.25. The molecule has 0 radical (unpaired) electrons. The van der Waals surface area contributed by atoms with Gasteiger partial charge in [0, 0.05) is 43.8 Å². The first-order chi connectivity index (χ1) is 13.7. The standard InChI is InChI=1S/C22H24FN5/c1-2-17-3-7-19(8-4-17)25-21-11-12-24-22(26-21)28-15-13-27(14-16-28)20-9-5-18(23)6-10-20/h3-12H,2,13-16H2,1H3,(H,24,25,26). The number of nitrogens with one attached hydrogen (secondary N) is 1. The maximum atomic E-state index is 13.1. The van der Waals surface area contributed by atoms with Gasteiger partial charge in [0.2, 0.25) is 5.95 Å². The maximum Gasteiger partial charge on any atom is 0.227 e. The van der Waals surface area contributed by atoms with Gasteiger partial charge in [0.05, 0.1) is 0 Å². The Morgan fingerprint density at radius 2 is 1.57 bits per heavy atom. The monoisotopic (exact) mass is 377 g/mol. The van der Waals surface area contributed by atoms with Gasteiger partial charge in [0.1, 0.15) is 11.6 Å². The number of rotatable bonds is 5. The highest BCUT2D eigenvalue weighted by atomic mass is 19.1. The molecule has 4 rings (SSSR count). The van der Waals surface area contributed by atoms with Crippen LogP contribution in [0.2, 0.25) is 0 Å². The van der Waals surface area contributed by atoms with Crippen LogP contribution in [0.1, 0.15) is 12.5 Å². The summed E-state index contributed by atoms with van der Waals surface area (Å²) in [5.74, 6) is 1.31. The number of hydrogen-bond donors (Lipinski definition) is 1. The van der Waals surface area contributed by atoms with E-state index in [0.29, 0.717) is 0 Å². The predicted molar refractivity (Wildman–Crippen MR) is 112 cm³/mol. The minimum atomic E-state index is -0.204. The molecule has 2 aromatic carbocycles. The van der Waals surface area contributed by atoms with Gasteiger partial charge < -0.3 is 15.1 Å². The molecule has 1 N–H and O–H groups in total. The van der Waals surface area contributed by atoms with Gasteiger partial charge in [-0.05, 0) is 54.4 Å². The van der Waals surface area contributed by atoms with Crippen molar-refractivity contribution in [2.24, 2.45) is 0 Å². The third kappa shape index (κ3) is 4.22.